The quantitative estimate of drug-likeness (QED) is 0.228. The lowest BCUT2D eigenvalue weighted by atomic mass is 10.1. The minimum absolute atomic E-state index is 0.0626. The highest BCUT2D eigenvalue weighted by Gasteiger charge is 2.22. The number of nitrogens with one attached hydrogen (secondary N) is 2. The lowest BCUT2D eigenvalue weighted by Crippen LogP contribution is -2.41. The zero-order chi connectivity index (χ0) is 26.4. The van der Waals surface area contributed by atoms with E-state index in [1.165, 1.54) is 37.4 Å². The third-order valence-electron chi connectivity index (χ3n) is 4.71. The van der Waals surface area contributed by atoms with Gasteiger partial charge in [0.1, 0.15) is 12.6 Å². The maximum absolute atomic E-state index is 12.4. The number of anilines is 2. The Morgan fingerprint density at radius 1 is 1.17 bits per heavy atom. The number of benzene rings is 1. The molecule has 1 amide bonds. The van der Waals surface area contributed by atoms with Crippen molar-refractivity contribution in [2.75, 3.05) is 10.8 Å². The minimum atomic E-state index is -1.38. The van der Waals surface area contributed by atoms with Crippen LogP contribution in [0.1, 0.15) is 35.8 Å². The highest BCUT2D eigenvalue weighted by Crippen LogP contribution is 2.19. The Labute approximate surface area is 201 Å². The summed E-state index contributed by atoms with van der Waals surface area (Å²) in [5.74, 6) is -4.05. The molecule has 0 aliphatic rings. The molecule has 15 heteroatoms. The number of rotatable bonds is 10. The second-order valence-corrected chi connectivity index (χ2v) is 7.45. The number of hydrogen-bond acceptors (Lipinski definition) is 11. The third kappa shape index (κ3) is 6.49. The Kier molecular flexibility index (Phi) is 7.73. The molecule has 6 N–H and O–H groups in total. The van der Waals surface area contributed by atoms with E-state index in [0.717, 1.165) is 5.06 Å². The summed E-state index contributed by atoms with van der Waals surface area (Å²) < 4.78 is 0. The fourth-order valence-corrected chi connectivity index (χ4v) is 3.08. The number of carbonyl (C=O) groups is 4. The Hall–Kier alpha value is -5.08. The summed E-state index contributed by atoms with van der Waals surface area (Å²) >= 11 is 0. The second-order valence-electron chi connectivity index (χ2n) is 7.45. The Morgan fingerprint density at radius 3 is 2.47 bits per heavy atom. The maximum atomic E-state index is 12.4. The molecule has 0 radical (unpaired) electrons. The molecule has 1 atom stereocenters. The molecule has 1 aromatic carbocycles. The molecule has 188 valence electrons. The van der Waals surface area contributed by atoms with Crippen LogP contribution in [-0.2, 0) is 25.8 Å². The number of aromatic amines is 1. The number of nitrogen functional groups attached to an aromatic ring is 1. The highest BCUT2D eigenvalue weighted by molar-refractivity contribution is 5.97. The number of H-pyrrole nitrogens is 1. The summed E-state index contributed by atoms with van der Waals surface area (Å²) in [5, 5.41) is 21.4. The first kappa shape index (κ1) is 25.5. The van der Waals surface area contributed by atoms with Gasteiger partial charge < -0.3 is 31.1 Å². The normalized spacial score (nSPS) is 11.5. The molecule has 0 saturated carbocycles. The fourth-order valence-electron chi connectivity index (χ4n) is 3.08. The van der Waals surface area contributed by atoms with Crippen LogP contribution < -0.4 is 21.7 Å². The number of carboxylic acids is 2. The molecular formula is C21H21N7O8. The summed E-state index contributed by atoms with van der Waals surface area (Å²) in [7, 11) is 0. The molecule has 0 unspecified atom stereocenters. The van der Waals surface area contributed by atoms with Crippen molar-refractivity contribution >= 4 is 46.6 Å². The van der Waals surface area contributed by atoms with Crippen molar-refractivity contribution in [2.45, 2.75) is 32.4 Å². The van der Waals surface area contributed by atoms with E-state index in [1.54, 1.807) is 0 Å². The molecule has 0 saturated heterocycles. The molecule has 15 nitrogen and oxygen atoms in total. The van der Waals surface area contributed by atoms with Gasteiger partial charge in [-0.25, -0.2) is 19.8 Å². The molecule has 0 bridgehead atoms. The summed E-state index contributed by atoms with van der Waals surface area (Å²) in [6.45, 7) is 1.07. The minimum Gasteiger partial charge on any atom is -0.481 e. The van der Waals surface area contributed by atoms with Crippen LogP contribution in [0.3, 0.4) is 0 Å². The average molecular weight is 499 g/mol. The first-order chi connectivity index (χ1) is 17.0. The lowest BCUT2D eigenvalue weighted by Gasteiger charge is -2.22. The van der Waals surface area contributed by atoms with Gasteiger partial charge >= 0.3 is 23.5 Å². The summed E-state index contributed by atoms with van der Waals surface area (Å²) in [4.78, 5) is 77.9. The largest absolute Gasteiger partial charge is 0.481 e. The number of nitrogens with two attached hydrogens (primary N) is 1. The smallest absolute Gasteiger partial charge is 0.329 e. The van der Waals surface area contributed by atoms with Crippen LogP contribution in [0.15, 0.2) is 35.3 Å². The molecule has 0 fully saturated rings. The predicted octanol–water partition coefficient (Wildman–Crippen LogP) is -0.172. The van der Waals surface area contributed by atoms with E-state index in [-0.39, 0.29) is 41.3 Å². The number of aliphatic carboxylic acids is 2. The van der Waals surface area contributed by atoms with Crippen LogP contribution in [0, 0.1) is 0 Å². The number of carbonyl (C=O) groups excluding carboxylic acids is 2. The number of carboxylic acid groups (broad SMARTS) is 2. The van der Waals surface area contributed by atoms with E-state index in [1.807, 2.05) is 0 Å². The van der Waals surface area contributed by atoms with Gasteiger partial charge in [0.25, 0.3) is 5.91 Å². The van der Waals surface area contributed by atoms with E-state index in [0.29, 0.717) is 5.69 Å². The van der Waals surface area contributed by atoms with Gasteiger partial charge in [-0.3, -0.25) is 19.2 Å². The first-order valence-corrected chi connectivity index (χ1v) is 10.4. The monoisotopic (exact) mass is 499 g/mol. The zero-order valence-electron chi connectivity index (χ0n) is 18.8. The number of fused-ring (bicyclic) bond motifs is 1. The molecule has 2 aromatic heterocycles. The number of hydroxylamine groups is 1. The third-order valence-corrected chi connectivity index (χ3v) is 4.71. The number of amides is 1. The van der Waals surface area contributed by atoms with Crippen molar-refractivity contribution in [2.24, 2.45) is 0 Å². The van der Waals surface area contributed by atoms with Gasteiger partial charge in [0.2, 0.25) is 5.95 Å². The molecule has 3 rings (SSSR count). The molecular weight excluding hydrogens is 478 g/mol. The van der Waals surface area contributed by atoms with Crippen molar-refractivity contribution in [3.8, 4) is 0 Å². The number of nitrogens with zero attached hydrogens (tertiary/aromatic N) is 4. The molecule has 0 spiro atoms. The van der Waals surface area contributed by atoms with E-state index in [9.17, 15) is 29.1 Å². The zero-order valence-corrected chi connectivity index (χ0v) is 18.8. The Bertz CT molecular complexity index is 1370. The standard InChI is InChI=1S/C21H21N7O8/c1-10(29)36-28(9-12-8-23-17-16(24-12)19(33)27-21(22)26-17)13-4-2-11(3-5-13)18(32)25-14(20(34)35)6-7-15(30)31/h2-5,8,14H,6-7,9H2,1H3,(H,25,32)(H,30,31)(H,34,35)(H3,22,23,26,27,33)/t14-/m0/s1. The van der Waals surface area contributed by atoms with Crippen LogP contribution in [0.4, 0.5) is 11.6 Å². The molecule has 0 aliphatic heterocycles. The molecule has 36 heavy (non-hydrogen) atoms. The molecule has 2 heterocycles. The highest BCUT2D eigenvalue weighted by atomic mass is 16.7. The van der Waals surface area contributed by atoms with Crippen molar-refractivity contribution in [1.82, 2.24) is 25.3 Å². The van der Waals surface area contributed by atoms with Gasteiger partial charge in [0.15, 0.2) is 11.2 Å². The van der Waals surface area contributed by atoms with Crippen LogP contribution in [0.2, 0.25) is 0 Å². The molecule has 0 aliphatic carbocycles. The fraction of sp³-hybridized carbons (Fsp3) is 0.238. The van der Waals surface area contributed by atoms with Crippen molar-refractivity contribution in [3.63, 3.8) is 0 Å². The predicted molar refractivity (Wildman–Crippen MR) is 123 cm³/mol. The van der Waals surface area contributed by atoms with Crippen molar-refractivity contribution < 1.29 is 34.2 Å². The summed E-state index contributed by atoms with van der Waals surface area (Å²) in [5.41, 5.74) is 5.55. The van der Waals surface area contributed by atoms with Gasteiger partial charge in [-0.2, -0.15) is 4.98 Å². The van der Waals surface area contributed by atoms with Gasteiger partial charge in [-0.1, -0.05) is 0 Å². The topological polar surface area (TPSA) is 231 Å². The van der Waals surface area contributed by atoms with Crippen molar-refractivity contribution in [1.29, 1.82) is 0 Å². The van der Waals surface area contributed by atoms with Gasteiger partial charge in [-0.15, -0.1) is 0 Å². The van der Waals surface area contributed by atoms with Gasteiger partial charge in [-0.05, 0) is 30.7 Å². The van der Waals surface area contributed by atoms with E-state index in [4.69, 9.17) is 15.7 Å². The lowest BCUT2D eigenvalue weighted by molar-refractivity contribution is -0.143. The average Bonchev–Trinajstić information content (AvgIpc) is 2.81. The van der Waals surface area contributed by atoms with Crippen molar-refractivity contribution in [3.05, 3.63) is 52.1 Å². The Balaban J connectivity index is 1.79. The van der Waals surface area contributed by atoms with Gasteiger partial charge in [0, 0.05) is 18.9 Å². The summed E-state index contributed by atoms with van der Waals surface area (Å²) in [6, 6.07) is 4.22. The van der Waals surface area contributed by atoms with Crippen LogP contribution >= 0.6 is 0 Å². The van der Waals surface area contributed by atoms with Crippen LogP contribution in [0.25, 0.3) is 11.2 Å². The number of hydrogen-bond donors (Lipinski definition) is 5. The first-order valence-electron chi connectivity index (χ1n) is 10.4. The number of aromatic nitrogens is 4. The van der Waals surface area contributed by atoms with E-state index < -0.39 is 41.8 Å². The second kappa shape index (κ2) is 10.9. The van der Waals surface area contributed by atoms with Crippen LogP contribution in [-0.4, -0.2) is 60.0 Å². The molecule has 3 aromatic rings. The van der Waals surface area contributed by atoms with Crippen LogP contribution in [0.5, 0.6) is 0 Å². The maximum Gasteiger partial charge on any atom is 0.329 e. The van der Waals surface area contributed by atoms with E-state index in [2.05, 4.69) is 25.3 Å². The SMILES string of the molecule is CC(=O)ON(Cc1cnc2[nH]c(N)nc(=O)c2n1)c1ccc(C(=O)N[C@@H](CCC(=O)O)C(=O)O)cc1. The Morgan fingerprint density at radius 2 is 1.86 bits per heavy atom. The van der Waals surface area contributed by atoms with E-state index >= 15 is 0 Å². The van der Waals surface area contributed by atoms with Gasteiger partial charge in [0.05, 0.1) is 17.6 Å². The summed E-state index contributed by atoms with van der Waals surface area (Å²) in [6.07, 6.45) is 0.631.